The average molecular weight is 304 g/mol. The van der Waals surface area contributed by atoms with Gasteiger partial charge in [-0.05, 0) is 36.3 Å². The Bertz CT molecular complexity index is 534. The Balaban J connectivity index is 2.50. The van der Waals surface area contributed by atoms with E-state index in [0.717, 1.165) is 31.2 Å². The predicted molar refractivity (Wildman–Crippen MR) is 88.6 cm³/mol. The van der Waals surface area contributed by atoms with Crippen LogP contribution in [0, 0.1) is 5.41 Å². The molecule has 0 aromatic heterocycles. The maximum Gasteiger partial charge on any atom is 0.314 e. The van der Waals surface area contributed by atoms with Gasteiger partial charge in [0.2, 0.25) is 0 Å². The fourth-order valence-corrected chi connectivity index (χ4v) is 3.61. The molecule has 3 nitrogen and oxygen atoms in total. The molecule has 22 heavy (non-hydrogen) atoms. The average Bonchev–Trinajstić information content (AvgIpc) is 2.46. The number of carbonyl (C=O) groups is 1. The molecule has 1 aromatic rings. The maximum atomic E-state index is 12.1. The molecule has 1 aliphatic carbocycles. The Morgan fingerprint density at radius 1 is 1.23 bits per heavy atom. The third kappa shape index (κ3) is 3.45. The van der Waals surface area contributed by atoms with E-state index < -0.39 is 11.4 Å². The van der Waals surface area contributed by atoms with Crippen molar-refractivity contribution in [2.24, 2.45) is 5.41 Å². The summed E-state index contributed by atoms with van der Waals surface area (Å²) in [6.45, 7) is 6.60. The largest absolute Gasteiger partial charge is 0.496 e. The molecule has 1 aliphatic rings. The summed E-state index contributed by atoms with van der Waals surface area (Å²) in [4.78, 5) is 12.1. The van der Waals surface area contributed by atoms with Crippen molar-refractivity contribution in [1.29, 1.82) is 0 Å². The van der Waals surface area contributed by atoms with Crippen molar-refractivity contribution >= 4 is 5.97 Å². The van der Waals surface area contributed by atoms with Gasteiger partial charge in [0.25, 0.3) is 0 Å². The Hall–Kier alpha value is -1.51. The van der Waals surface area contributed by atoms with E-state index in [2.05, 4.69) is 32.9 Å². The fourth-order valence-electron chi connectivity index (χ4n) is 3.61. The van der Waals surface area contributed by atoms with Gasteiger partial charge in [-0.1, -0.05) is 52.2 Å². The minimum atomic E-state index is -0.780. The summed E-state index contributed by atoms with van der Waals surface area (Å²) in [7, 11) is 1.63. The van der Waals surface area contributed by atoms with Crippen molar-refractivity contribution in [3.8, 4) is 5.75 Å². The molecule has 0 atom stereocenters. The number of hydrogen-bond acceptors (Lipinski definition) is 2. The minimum absolute atomic E-state index is 0.175. The fraction of sp³-hybridized carbons (Fsp3) is 0.632. The van der Waals surface area contributed by atoms with Crippen molar-refractivity contribution in [2.45, 2.75) is 64.7 Å². The number of ether oxygens (including phenoxy) is 1. The molecule has 0 saturated heterocycles. The van der Waals surface area contributed by atoms with E-state index in [4.69, 9.17) is 4.74 Å². The van der Waals surface area contributed by atoms with E-state index in [-0.39, 0.29) is 5.41 Å². The summed E-state index contributed by atoms with van der Waals surface area (Å²) in [6, 6.07) is 6.07. The molecule has 0 heterocycles. The highest BCUT2D eigenvalue weighted by atomic mass is 16.5. The van der Waals surface area contributed by atoms with E-state index in [1.165, 1.54) is 5.56 Å². The molecule has 1 fully saturated rings. The van der Waals surface area contributed by atoms with Crippen molar-refractivity contribution in [1.82, 2.24) is 0 Å². The van der Waals surface area contributed by atoms with Crippen molar-refractivity contribution in [3.63, 3.8) is 0 Å². The number of rotatable bonds is 4. The van der Waals surface area contributed by atoms with Gasteiger partial charge in [-0.2, -0.15) is 0 Å². The molecular weight excluding hydrogens is 276 g/mol. The Morgan fingerprint density at radius 3 is 2.36 bits per heavy atom. The zero-order chi connectivity index (χ0) is 16.4. The number of hydrogen-bond donors (Lipinski definition) is 1. The van der Waals surface area contributed by atoms with Crippen molar-refractivity contribution in [2.75, 3.05) is 7.11 Å². The van der Waals surface area contributed by atoms with Crippen LogP contribution in [0.1, 0.15) is 64.0 Å². The second-order valence-electron chi connectivity index (χ2n) is 7.72. The first kappa shape index (κ1) is 16.9. The molecule has 0 aliphatic heterocycles. The van der Waals surface area contributed by atoms with Crippen LogP contribution in [-0.2, 0) is 16.6 Å². The molecular formula is C19H28O3. The highest BCUT2D eigenvalue weighted by Crippen LogP contribution is 2.44. The van der Waals surface area contributed by atoms with E-state index in [0.29, 0.717) is 18.6 Å². The lowest BCUT2D eigenvalue weighted by atomic mass is 9.68. The van der Waals surface area contributed by atoms with Gasteiger partial charge in [-0.15, -0.1) is 0 Å². The van der Waals surface area contributed by atoms with E-state index in [9.17, 15) is 9.90 Å². The minimum Gasteiger partial charge on any atom is -0.496 e. The lowest BCUT2D eigenvalue weighted by Crippen LogP contribution is -2.38. The summed E-state index contributed by atoms with van der Waals surface area (Å²) < 4.78 is 5.50. The van der Waals surface area contributed by atoms with Crippen LogP contribution in [0.3, 0.4) is 0 Å². The van der Waals surface area contributed by atoms with Gasteiger partial charge < -0.3 is 9.84 Å². The number of methoxy groups -OCH3 is 1. The van der Waals surface area contributed by atoms with Crippen LogP contribution in [0.25, 0.3) is 0 Å². The van der Waals surface area contributed by atoms with Crippen molar-refractivity contribution < 1.29 is 14.6 Å². The van der Waals surface area contributed by atoms with E-state index in [1.54, 1.807) is 7.11 Å². The first-order chi connectivity index (χ1) is 10.3. The van der Waals surface area contributed by atoms with Gasteiger partial charge in [-0.3, -0.25) is 4.79 Å². The second kappa shape index (κ2) is 6.31. The van der Waals surface area contributed by atoms with E-state index in [1.807, 2.05) is 6.07 Å². The highest BCUT2D eigenvalue weighted by Gasteiger charge is 2.43. The normalized spacial score (nSPS) is 18.0. The Kier molecular flexibility index (Phi) is 4.84. The van der Waals surface area contributed by atoms with Gasteiger partial charge in [0.1, 0.15) is 5.75 Å². The zero-order valence-corrected chi connectivity index (χ0v) is 14.2. The lowest BCUT2D eigenvalue weighted by molar-refractivity contribution is -0.145. The van der Waals surface area contributed by atoms with Crippen molar-refractivity contribution in [3.05, 3.63) is 29.3 Å². The monoisotopic (exact) mass is 304 g/mol. The summed E-state index contributed by atoms with van der Waals surface area (Å²) in [5, 5.41) is 9.93. The first-order valence-electron chi connectivity index (χ1n) is 8.19. The summed E-state index contributed by atoms with van der Waals surface area (Å²) in [5.41, 5.74) is 1.45. The van der Waals surface area contributed by atoms with Crippen LogP contribution in [0.5, 0.6) is 5.75 Å². The van der Waals surface area contributed by atoms with Crippen LogP contribution in [0.2, 0.25) is 0 Å². The van der Waals surface area contributed by atoms with Gasteiger partial charge in [-0.25, -0.2) is 0 Å². The molecule has 122 valence electrons. The molecule has 0 amide bonds. The van der Waals surface area contributed by atoms with E-state index >= 15 is 0 Å². The van der Waals surface area contributed by atoms with Gasteiger partial charge in [0.15, 0.2) is 0 Å². The molecule has 0 spiro atoms. The smallest absolute Gasteiger partial charge is 0.314 e. The molecule has 1 N–H and O–H groups in total. The lowest BCUT2D eigenvalue weighted by Gasteiger charge is -2.35. The molecule has 3 heteroatoms. The van der Waals surface area contributed by atoms with Crippen LogP contribution in [0.15, 0.2) is 18.2 Å². The Labute approximate surface area is 133 Å². The Morgan fingerprint density at radius 2 is 1.86 bits per heavy atom. The third-order valence-corrected chi connectivity index (χ3v) is 4.63. The second-order valence-corrected chi connectivity index (χ2v) is 7.72. The number of benzene rings is 1. The SMILES string of the molecule is COc1ccc(CC(C)(C)C)cc1C1(C(=O)O)CCCCC1. The van der Waals surface area contributed by atoms with Crippen LogP contribution < -0.4 is 4.74 Å². The molecule has 0 unspecified atom stereocenters. The quantitative estimate of drug-likeness (QED) is 0.886. The molecule has 1 aromatic carbocycles. The number of carboxylic acid groups (broad SMARTS) is 1. The zero-order valence-electron chi connectivity index (χ0n) is 14.2. The molecule has 0 bridgehead atoms. The summed E-state index contributed by atoms with van der Waals surface area (Å²) in [5.74, 6) is 0.000341. The highest BCUT2D eigenvalue weighted by molar-refractivity contribution is 5.82. The van der Waals surface area contributed by atoms with Crippen LogP contribution in [-0.4, -0.2) is 18.2 Å². The van der Waals surface area contributed by atoms with Gasteiger partial charge >= 0.3 is 5.97 Å². The van der Waals surface area contributed by atoms with Crippen LogP contribution >= 0.6 is 0 Å². The summed E-state index contributed by atoms with van der Waals surface area (Å²) >= 11 is 0. The molecule has 0 radical (unpaired) electrons. The topological polar surface area (TPSA) is 46.5 Å². The number of aliphatic carboxylic acids is 1. The van der Waals surface area contributed by atoms with Gasteiger partial charge in [0, 0.05) is 5.56 Å². The van der Waals surface area contributed by atoms with Gasteiger partial charge in [0.05, 0.1) is 12.5 Å². The molecule has 1 saturated carbocycles. The number of carboxylic acids is 1. The summed E-state index contributed by atoms with van der Waals surface area (Å²) in [6.07, 6.45) is 5.41. The first-order valence-corrected chi connectivity index (χ1v) is 8.19. The maximum absolute atomic E-state index is 12.1. The third-order valence-electron chi connectivity index (χ3n) is 4.63. The van der Waals surface area contributed by atoms with Crippen LogP contribution in [0.4, 0.5) is 0 Å². The molecule has 2 rings (SSSR count). The predicted octanol–water partition coefficient (Wildman–Crippen LogP) is 4.57. The standard InChI is InChI=1S/C19H28O3/c1-18(2,3)13-14-8-9-16(22-4)15(12-14)19(17(20)21)10-6-5-7-11-19/h8-9,12H,5-7,10-11,13H2,1-4H3,(H,20,21).